The second-order valence-electron chi connectivity index (χ2n) is 6.71. The van der Waals surface area contributed by atoms with E-state index in [4.69, 9.17) is 0 Å². The van der Waals surface area contributed by atoms with Gasteiger partial charge in [-0.25, -0.2) is 0 Å². The van der Waals surface area contributed by atoms with Crippen molar-refractivity contribution in [1.82, 2.24) is 10.2 Å². The molecule has 3 rings (SSSR count). The first-order valence-corrected chi connectivity index (χ1v) is 9.93. The Labute approximate surface area is 154 Å². The number of likely N-dealkylation sites (tertiary alicyclic amines) is 1. The van der Waals surface area contributed by atoms with Crippen LogP contribution in [0.15, 0.2) is 59.5 Å². The fourth-order valence-corrected chi connectivity index (χ4v) is 3.84. The molecule has 0 spiro atoms. The summed E-state index contributed by atoms with van der Waals surface area (Å²) >= 11 is 1.61. The first-order valence-electron chi connectivity index (χ1n) is 8.94. The number of benzene rings is 2. The van der Waals surface area contributed by atoms with Gasteiger partial charge in [-0.1, -0.05) is 48.0 Å². The van der Waals surface area contributed by atoms with Gasteiger partial charge in [0.1, 0.15) is 0 Å². The smallest absolute Gasteiger partial charge is 0.230 e. The standard InChI is InChI=1S/C21H26N2OS/c1-17-7-9-20(10-8-17)25-16-21(24)22-19-11-13-23(14-12-19)15-18-5-3-2-4-6-18/h2-10,19H,11-16H2,1H3,(H,22,24). The largest absolute Gasteiger partial charge is 0.353 e. The average molecular weight is 355 g/mol. The van der Waals surface area contributed by atoms with Crippen LogP contribution in [0.2, 0.25) is 0 Å². The molecule has 25 heavy (non-hydrogen) atoms. The van der Waals surface area contributed by atoms with E-state index in [0.29, 0.717) is 11.8 Å². The Kier molecular flexibility index (Phi) is 6.54. The van der Waals surface area contributed by atoms with E-state index in [2.05, 4.69) is 71.7 Å². The van der Waals surface area contributed by atoms with E-state index in [-0.39, 0.29) is 5.91 Å². The molecule has 1 fully saturated rings. The molecule has 2 aromatic carbocycles. The van der Waals surface area contributed by atoms with Gasteiger partial charge < -0.3 is 5.32 Å². The van der Waals surface area contributed by atoms with Crippen LogP contribution in [0.4, 0.5) is 0 Å². The van der Waals surface area contributed by atoms with Gasteiger partial charge in [0.25, 0.3) is 0 Å². The molecule has 1 heterocycles. The van der Waals surface area contributed by atoms with E-state index in [1.54, 1.807) is 11.8 Å². The molecule has 1 aliphatic heterocycles. The number of nitrogens with one attached hydrogen (secondary N) is 1. The van der Waals surface area contributed by atoms with E-state index in [1.807, 2.05) is 0 Å². The minimum absolute atomic E-state index is 0.145. The summed E-state index contributed by atoms with van der Waals surface area (Å²) in [5.41, 5.74) is 2.61. The molecule has 1 amide bonds. The zero-order valence-corrected chi connectivity index (χ0v) is 15.6. The molecule has 1 saturated heterocycles. The Morgan fingerprint density at radius 1 is 1.08 bits per heavy atom. The Bertz CT molecular complexity index is 664. The van der Waals surface area contributed by atoms with Crippen molar-refractivity contribution in [1.29, 1.82) is 0 Å². The quantitative estimate of drug-likeness (QED) is 0.799. The summed E-state index contributed by atoms with van der Waals surface area (Å²) in [5.74, 6) is 0.639. The maximum Gasteiger partial charge on any atom is 0.230 e. The van der Waals surface area contributed by atoms with Gasteiger partial charge in [0.05, 0.1) is 5.75 Å². The molecule has 1 N–H and O–H groups in total. The van der Waals surface area contributed by atoms with Crippen molar-refractivity contribution in [2.75, 3.05) is 18.8 Å². The van der Waals surface area contributed by atoms with Gasteiger partial charge in [-0.2, -0.15) is 0 Å². The molecule has 0 aromatic heterocycles. The van der Waals surface area contributed by atoms with Gasteiger partial charge >= 0.3 is 0 Å². The first kappa shape index (κ1) is 18.0. The summed E-state index contributed by atoms with van der Waals surface area (Å²) in [6, 6.07) is 19.2. The van der Waals surface area contributed by atoms with E-state index in [0.717, 1.165) is 37.4 Å². The monoisotopic (exact) mass is 354 g/mol. The highest BCUT2D eigenvalue weighted by atomic mass is 32.2. The SMILES string of the molecule is Cc1ccc(SCC(=O)NC2CCN(Cc3ccccc3)CC2)cc1. The summed E-state index contributed by atoms with van der Waals surface area (Å²) in [6.45, 7) is 5.17. The number of hydrogen-bond acceptors (Lipinski definition) is 3. The number of amides is 1. The molecule has 0 saturated carbocycles. The summed E-state index contributed by atoms with van der Waals surface area (Å²) in [4.78, 5) is 15.8. The zero-order chi connectivity index (χ0) is 17.5. The molecule has 0 aliphatic carbocycles. The highest BCUT2D eigenvalue weighted by Gasteiger charge is 2.20. The number of carbonyl (C=O) groups excluding carboxylic acids is 1. The lowest BCUT2D eigenvalue weighted by atomic mass is 10.0. The Morgan fingerprint density at radius 3 is 2.44 bits per heavy atom. The second-order valence-corrected chi connectivity index (χ2v) is 7.75. The highest BCUT2D eigenvalue weighted by Crippen LogP contribution is 2.18. The zero-order valence-electron chi connectivity index (χ0n) is 14.8. The van der Waals surface area contributed by atoms with Gasteiger partial charge in [0.2, 0.25) is 5.91 Å². The van der Waals surface area contributed by atoms with Crippen LogP contribution >= 0.6 is 11.8 Å². The van der Waals surface area contributed by atoms with E-state index in [9.17, 15) is 4.79 Å². The summed E-state index contributed by atoms with van der Waals surface area (Å²) in [5, 5.41) is 3.20. The minimum Gasteiger partial charge on any atom is -0.353 e. The van der Waals surface area contributed by atoms with Crippen LogP contribution in [0.5, 0.6) is 0 Å². The Balaban J connectivity index is 1.36. The van der Waals surface area contributed by atoms with Crippen molar-refractivity contribution in [3.8, 4) is 0 Å². The normalized spacial score (nSPS) is 15.9. The topological polar surface area (TPSA) is 32.3 Å². The van der Waals surface area contributed by atoms with Gasteiger partial charge in [-0.3, -0.25) is 9.69 Å². The van der Waals surface area contributed by atoms with Gasteiger partial charge in [0, 0.05) is 30.6 Å². The predicted molar refractivity (Wildman–Crippen MR) is 105 cm³/mol. The lowest BCUT2D eigenvalue weighted by Crippen LogP contribution is -2.44. The molecular formula is C21H26N2OS. The lowest BCUT2D eigenvalue weighted by Gasteiger charge is -2.32. The van der Waals surface area contributed by atoms with E-state index < -0.39 is 0 Å². The number of piperidine rings is 1. The fraction of sp³-hybridized carbons (Fsp3) is 0.381. The predicted octanol–water partition coefficient (Wildman–Crippen LogP) is 3.87. The number of hydrogen-bond donors (Lipinski definition) is 1. The van der Waals surface area contributed by atoms with Crippen LogP contribution in [0.3, 0.4) is 0 Å². The van der Waals surface area contributed by atoms with Crippen molar-refractivity contribution in [2.45, 2.75) is 37.2 Å². The Hall–Kier alpha value is -1.78. The maximum absolute atomic E-state index is 12.2. The summed E-state index contributed by atoms with van der Waals surface area (Å²) < 4.78 is 0. The number of carbonyl (C=O) groups is 1. The van der Waals surface area contributed by atoms with E-state index in [1.165, 1.54) is 11.1 Å². The molecule has 4 heteroatoms. The minimum atomic E-state index is 0.145. The summed E-state index contributed by atoms with van der Waals surface area (Å²) in [7, 11) is 0. The molecule has 0 bridgehead atoms. The number of thioether (sulfide) groups is 1. The molecule has 132 valence electrons. The third-order valence-corrected chi connectivity index (χ3v) is 5.60. The van der Waals surface area contributed by atoms with Crippen LogP contribution < -0.4 is 5.32 Å². The molecular weight excluding hydrogens is 328 g/mol. The molecule has 0 radical (unpaired) electrons. The molecule has 1 aliphatic rings. The number of aryl methyl sites for hydroxylation is 1. The second kappa shape index (κ2) is 9.07. The Morgan fingerprint density at radius 2 is 1.76 bits per heavy atom. The third kappa shape index (κ3) is 5.91. The molecule has 0 unspecified atom stereocenters. The van der Waals surface area contributed by atoms with Crippen LogP contribution in [0.25, 0.3) is 0 Å². The van der Waals surface area contributed by atoms with Crippen molar-refractivity contribution in [2.24, 2.45) is 0 Å². The number of nitrogens with zero attached hydrogens (tertiary/aromatic N) is 1. The van der Waals surface area contributed by atoms with Crippen LogP contribution in [-0.4, -0.2) is 35.7 Å². The maximum atomic E-state index is 12.2. The average Bonchev–Trinajstić information content (AvgIpc) is 2.64. The van der Waals surface area contributed by atoms with Crippen molar-refractivity contribution >= 4 is 17.7 Å². The van der Waals surface area contributed by atoms with Crippen molar-refractivity contribution < 1.29 is 4.79 Å². The van der Waals surface area contributed by atoms with Crippen LogP contribution in [-0.2, 0) is 11.3 Å². The highest BCUT2D eigenvalue weighted by molar-refractivity contribution is 8.00. The third-order valence-electron chi connectivity index (χ3n) is 4.59. The van der Waals surface area contributed by atoms with Crippen molar-refractivity contribution in [3.63, 3.8) is 0 Å². The van der Waals surface area contributed by atoms with E-state index >= 15 is 0 Å². The number of rotatable bonds is 6. The fourth-order valence-electron chi connectivity index (χ4n) is 3.13. The summed E-state index contributed by atoms with van der Waals surface area (Å²) in [6.07, 6.45) is 2.07. The van der Waals surface area contributed by atoms with Gasteiger partial charge in [-0.15, -0.1) is 11.8 Å². The molecule has 3 nitrogen and oxygen atoms in total. The van der Waals surface area contributed by atoms with Crippen molar-refractivity contribution in [3.05, 3.63) is 65.7 Å². The van der Waals surface area contributed by atoms with Crippen LogP contribution in [0.1, 0.15) is 24.0 Å². The van der Waals surface area contributed by atoms with Gasteiger partial charge in [0.15, 0.2) is 0 Å². The lowest BCUT2D eigenvalue weighted by molar-refractivity contribution is -0.119. The molecule has 2 aromatic rings. The van der Waals surface area contributed by atoms with Crippen LogP contribution in [0, 0.1) is 6.92 Å². The van der Waals surface area contributed by atoms with Gasteiger partial charge in [-0.05, 0) is 37.5 Å². The molecule has 0 atom stereocenters. The first-order chi connectivity index (χ1) is 12.2.